The van der Waals surface area contributed by atoms with Crippen molar-refractivity contribution in [2.24, 2.45) is 0 Å². The van der Waals surface area contributed by atoms with E-state index in [-0.39, 0.29) is 22.8 Å². The molecular weight excluding hydrogens is 259 g/mol. The van der Waals surface area contributed by atoms with E-state index in [0.29, 0.717) is 6.42 Å². The Labute approximate surface area is 104 Å². The van der Waals surface area contributed by atoms with Crippen LogP contribution in [0, 0.1) is 5.82 Å². The van der Waals surface area contributed by atoms with Crippen LogP contribution in [-0.2, 0) is 9.84 Å². The fourth-order valence-corrected chi connectivity index (χ4v) is 3.57. The van der Waals surface area contributed by atoms with Gasteiger partial charge in [0.25, 0.3) is 5.91 Å². The molecule has 1 aliphatic rings. The van der Waals surface area contributed by atoms with Gasteiger partial charge in [0, 0.05) is 11.7 Å². The number of rotatable bonds is 2. The Bertz CT molecular complexity index is 586. The zero-order valence-corrected chi connectivity index (χ0v) is 10.3. The van der Waals surface area contributed by atoms with E-state index in [0.717, 1.165) is 12.1 Å². The van der Waals surface area contributed by atoms with Crippen molar-refractivity contribution in [2.45, 2.75) is 12.5 Å². The van der Waals surface area contributed by atoms with Crippen LogP contribution in [0.15, 0.2) is 18.2 Å². The predicted molar refractivity (Wildman–Crippen MR) is 65.3 cm³/mol. The number of amides is 1. The highest BCUT2D eigenvalue weighted by Gasteiger charge is 2.29. The third-order valence-electron chi connectivity index (χ3n) is 2.83. The van der Waals surface area contributed by atoms with E-state index in [4.69, 9.17) is 5.73 Å². The van der Waals surface area contributed by atoms with Crippen LogP contribution < -0.4 is 11.1 Å². The summed E-state index contributed by atoms with van der Waals surface area (Å²) in [5.41, 5.74) is 5.76. The van der Waals surface area contributed by atoms with Crippen LogP contribution in [0.1, 0.15) is 16.8 Å². The van der Waals surface area contributed by atoms with E-state index < -0.39 is 27.6 Å². The standard InChI is InChI=1S/C11H13FN2O3S/c12-7-1-2-10(13)9(5-7)11(15)14-8-3-4-18(16,17)6-8/h1-2,5,8H,3-4,6,13H2,(H,14,15). The Morgan fingerprint density at radius 1 is 1.44 bits per heavy atom. The number of nitrogens with one attached hydrogen (secondary N) is 1. The molecule has 1 atom stereocenters. The predicted octanol–water partition coefficient (Wildman–Crippen LogP) is 0.325. The van der Waals surface area contributed by atoms with Crippen molar-refractivity contribution in [3.63, 3.8) is 0 Å². The lowest BCUT2D eigenvalue weighted by atomic mass is 10.1. The lowest BCUT2D eigenvalue weighted by Gasteiger charge is -2.12. The number of hydrogen-bond donors (Lipinski definition) is 2. The molecule has 1 aromatic carbocycles. The molecule has 0 saturated carbocycles. The molecule has 3 N–H and O–H groups in total. The summed E-state index contributed by atoms with van der Waals surface area (Å²) in [5.74, 6) is -1.12. The SMILES string of the molecule is Nc1ccc(F)cc1C(=O)NC1CCS(=O)(=O)C1. The van der Waals surface area contributed by atoms with Gasteiger partial charge in [-0.15, -0.1) is 0 Å². The molecule has 1 fully saturated rings. The van der Waals surface area contributed by atoms with Crippen molar-refractivity contribution in [3.05, 3.63) is 29.6 Å². The van der Waals surface area contributed by atoms with Crippen molar-refractivity contribution in [3.8, 4) is 0 Å². The molecule has 98 valence electrons. The second-order valence-corrected chi connectivity index (χ2v) is 6.53. The monoisotopic (exact) mass is 272 g/mol. The zero-order valence-electron chi connectivity index (χ0n) is 9.52. The molecule has 1 aliphatic heterocycles. The van der Waals surface area contributed by atoms with Crippen molar-refractivity contribution < 1.29 is 17.6 Å². The van der Waals surface area contributed by atoms with Crippen LogP contribution in [0.4, 0.5) is 10.1 Å². The van der Waals surface area contributed by atoms with E-state index >= 15 is 0 Å². The molecule has 1 unspecified atom stereocenters. The maximum Gasteiger partial charge on any atom is 0.253 e. The smallest absolute Gasteiger partial charge is 0.253 e. The highest BCUT2D eigenvalue weighted by atomic mass is 32.2. The van der Waals surface area contributed by atoms with Crippen molar-refractivity contribution in [1.29, 1.82) is 0 Å². The van der Waals surface area contributed by atoms with E-state index in [1.807, 2.05) is 0 Å². The molecule has 0 radical (unpaired) electrons. The first kappa shape index (κ1) is 12.8. The minimum Gasteiger partial charge on any atom is -0.398 e. The maximum absolute atomic E-state index is 13.0. The van der Waals surface area contributed by atoms with Crippen molar-refractivity contribution in [2.75, 3.05) is 17.2 Å². The molecule has 7 heteroatoms. The van der Waals surface area contributed by atoms with Crippen LogP contribution in [-0.4, -0.2) is 31.9 Å². The van der Waals surface area contributed by atoms with Crippen molar-refractivity contribution in [1.82, 2.24) is 5.32 Å². The van der Waals surface area contributed by atoms with Gasteiger partial charge in [-0.1, -0.05) is 0 Å². The summed E-state index contributed by atoms with van der Waals surface area (Å²) in [6.45, 7) is 0. The fourth-order valence-electron chi connectivity index (χ4n) is 1.90. The first-order valence-electron chi connectivity index (χ1n) is 5.44. The average Bonchev–Trinajstić information content (AvgIpc) is 2.61. The summed E-state index contributed by atoms with van der Waals surface area (Å²) in [6, 6.07) is 3.07. The number of carbonyl (C=O) groups is 1. The van der Waals surface area contributed by atoms with E-state index in [1.165, 1.54) is 6.07 Å². The number of nitrogen functional groups attached to an aromatic ring is 1. The third-order valence-corrected chi connectivity index (χ3v) is 4.60. The van der Waals surface area contributed by atoms with Crippen molar-refractivity contribution >= 4 is 21.4 Å². The number of hydrogen-bond acceptors (Lipinski definition) is 4. The van der Waals surface area contributed by atoms with E-state index in [1.54, 1.807) is 0 Å². The molecule has 5 nitrogen and oxygen atoms in total. The quantitative estimate of drug-likeness (QED) is 0.759. The normalized spacial score (nSPS) is 21.7. The molecule has 0 aliphatic carbocycles. The number of halogens is 1. The maximum atomic E-state index is 13.0. The van der Waals surface area contributed by atoms with Gasteiger partial charge in [0.2, 0.25) is 0 Å². The molecule has 2 rings (SSSR count). The Hall–Kier alpha value is -1.63. The molecule has 1 saturated heterocycles. The zero-order chi connectivity index (χ0) is 13.3. The second kappa shape index (κ2) is 4.56. The van der Waals surface area contributed by atoms with Crippen LogP contribution in [0.3, 0.4) is 0 Å². The van der Waals surface area contributed by atoms with Crippen LogP contribution >= 0.6 is 0 Å². The van der Waals surface area contributed by atoms with Gasteiger partial charge in [0.05, 0.1) is 17.1 Å². The molecule has 0 bridgehead atoms. The highest BCUT2D eigenvalue weighted by molar-refractivity contribution is 7.91. The molecule has 18 heavy (non-hydrogen) atoms. The largest absolute Gasteiger partial charge is 0.398 e. The molecule has 1 amide bonds. The Kier molecular flexibility index (Phi) is 3.25. The number of benzene rings is 1. The molecule has 1 aromatic rings. The molecule has 0 spiro atoms. The van der Waals surface area contributed by atoms with E-state index in [9.17, 15) is 17.6 Å². The van der Waals surface area contributed by atoms with E-state index in [2.05, 4.69) is 5.32 Å². The van der Waals surface area contributed by atoms with Gasteiger partial charge in [0.15, 0.2) is 9.84 Å². The summed E-state index contributed by atoms with van der Waals surface area (Å²) in [5, 5.41) is 2.55. The first-order valence-corrected chi connectivity index (χ1v) is 7.26. The van der Waals surface area contributed by atoms with Crippen LogP contribution in [0.25, 0.3) is 0 Å². The Morgan fingerprint density at radius 3 is 2.78 bits per heavy atom. The van der Waals surface area contributed by atoms with Crippen LogP contribution in [0.2, 0.25) is 0 Å². The fraction of sp³-hybridized carbons (Fsp3) is 0.364. The summed E-state index contributed by atoms with van der Waals surface area (Å²) in [6.07, 6.45) is 0.378. The summed E-state index contributed by atoms with van der Waals surface area (Å²) >= 11 is 0. The lowest BCUT2D eigenvalue weighted by Crippen LogP contribution is -2.36. The highest BCUT2D eigenvalue weighted by Crippen LogP contribution is 2.16. The molecule has 1 heterocycles. The number of sulfone groups is 1. The van der Waals surface area contributed by atoms with Crippen LogP contribution in [0.5, 0.6) is 0 Å². The topological polar surface area (TPSA) is 89.3 Å². The number of nitrogens with two attached hydrogens (primary N) is 1. The van der Waals surface area contributed by atoms with Gasteiger partial charge in [-0.25, -0.2) is 12.8 Å². The summed E-state index contributed by atoms with van der Waals surface area (Å²) < 4.78 is 35.5. The number of anilines is 1. The van der Waals surface area contributed by atoms with Gasteiger partial charge in [0.1, 0.15) is 5.82 Å². The summed E-state index contributed by atoms with van der Waals surface area (Å²) in [7, 11) is -3.06. The average molecular weight is 272 g/mol. The van der Waals surface area contributed by atoms with Gasteiger partial charge in [-0.2, -0.15) is 0 Å². The molecule has 0 aromatic heterocycles. The van der Waals surface area contributed by atoms with Gasteiger partial charge in [-0.3, -0.25) is 4.79 Å². The van der Waals surface area contributed by atoms with Gasteiger partial charge in [-0.05, 0) is 24.6 Å². The molecular formula is C11H13FN2O3S. The first-order chi connectivity index (χ1) is 8.37. The Balaban J connectivity index is 2.11. The van der Waals surface area contributed by atoms with Gasteiger partial charge < -0.3 is 11.1 Å². The third kappa shape index (κ3) is 2.79. The van der Waals surface area contributed by atoms with Gasteiger partial charge >= 0.3 is 0 Å². The lowest BCUT2D eigenvalue weighted by molar-refractivity contribution is 0.0941. The second-order valence-electron chi connectivity index (χ2n) is 4.30. The summed E-state index contributed by atoms with van der Waals surface area (Å²) in [4.78, 5) is 11.8. The number of carbonyl (C=O) groups excluding carboxylic acids is 1. The minimum absolute atomic E-state index is 0.0271. The Morgan fingerprint density at radius 2 is 2.17 bits per heavy atom. The minimum atomic E-state index is -3.06.